The lowest BCUT2D eigenvalue weighted by molar-refractivity contribution is -0.137. The Bertz CT molecular complexity index is 609. The fraction of sp³-hybridized carbons (Fsp3) is 0.975. The number of nitrogens with zero attached hydrogens (tertiary/aromatic N) is 1. The van der Waals surface area contributed by atoms with Gasteiger partial charge in [-0.3, -0.25) is 4.79 Å². The Labute approximate surface area is 275 Å². The minimum Gasteiger partial charge on any atom is -0.481 e. The molecule has 44 heavy (non-hydrogen) atoms. The Balaban J connectivity index is 1.35. The zero-order chi connectivity index (χ0) is 31.5. The molecule has 0 radical (unpaired) electrons. The lowest BCUT2D eigenvalue weighted by Crippen LogP contribution is -2.28. The molecule has 260 valence electrons. The van der Waals surface area contributed by atoms with Gasteiger partial charge in [0.1, 0.15) is 0 Å². The summed E-state index contributed by atoms with van der Waals surface area (Å²) in [6.45, 7) is 7.49. The summed E-state index contributed by atoms with van der Waals surface area (Å²) in [6, 6.07) is 1.65. The monoisotopic (exact) mass is 619 g/mol. The van der Waals surface area contributed by atoms with Gasteiger partial charge in [-0.05, 0) is 57.0 Å². The summed E-state index contributed by atoms with van der Waals surface area (Å²) in [5.74, 6) is 1.50. The van der Waals surface area contributed by atoms with Crippen molar-refractivity contribution in [2.45, 2.75) is 219 Å². The molecule has 1 heterocycles. The summed E-state index contributed by atoms with van der Waals surface area (Å²) >= 11 is 0. The van der Waals surface area contributed by atoms with E-state index in [0.29, 0.717) is 0 Å². The van der Waals surface area contributed by atoms with Gasteiger partial charge in [-0.1, -0.05) is 168 Å². The molecule has 0 aromatic heterocycles. The van der Waals surface area contributed by atoms with Gasteiger partial charge in [-0.25, -0.2) is 0 Å². The Morgan fingerprint density at radius 2 is 0.886 bits per heavy atom. The van der Waals surface area contributed by atoms with Crippen LogP contribution in [0.2, 0.25) is 0 Å². The van der Waals surface area contributed by atoms with E-state index in [4.69, 9.17) is 0 Å². The van der Waals surface area contributed by atoms with Crippen LogP contribution < -0.4 is 5.32 Å². The summed E-state index contributed by atoms with van der Waals surface area (Å²) < 4.78 is 0. The zero-order valence-electron chi connectivity index (χ0n) is 29.9. The first-order chi connectivity index (χ1) is 21.6. The molecule has 0 aromatic carbocycles. The highest BCUT2D eigenvalue weighted by Crippen LogP contribution is 2.45. The number of carbonyl (C=O) groups is 1. The van der Waals surface area contributed by atoms with Crippen LogP contribution in [0.25, 0.3) is 0 Å². The normalized spacial score (nSPS) is 20.9. The van der Waals surface area contributed by atoms with E-state index in [-0.39, 0.29) is 6.42 Å². The van der Waals surface area contributed by atoms with E-state index in [9.17, 15) is 9.90 Å². The molecule has 2 N–H and O–H groups in total. The third kappa shape index (κ3) is 22.8. The second kappa shape index (κ2) is 27.5. The molecule has 1 aliphatic heterocycles. The molecule has 1 aliphatic carbocycles. The molecular formula is C40H78N2O2. The predicted octanol–water partition coefficient (Wildman–Crippen LogP) is 11.7. The molecule has 4 atom stereocenters. The summed E-state index contributed by atoms with van der Waals surface area (Å²) in [5.41, 5.74) is 0. The largest absolute Gasteiger partial charge is 0.481 e. The fourth-order valence-corrected chi connectivity index (χ4v) is 7.58. The molecule has 1 saturated heterocycles. The summed E-state index contributed by atoms with van der Waals surface area (Å²) in [4.78, 5) is 13.6. The van der Waals surface area contributed by atoms with E-state index in [1.807, 2.05) is 0 Å². The molecule has 2 fully saturated rings. The average Bonchev–Trinajstić information content (AvgIpc) is 3.94. The number of nitrogens with one attached hydrogen (secondary N) is 1. The first-order valence-corrected chi connectivity index (χ1v) is 20.3. The van der Waals surface area contributed by atoms with Crippen LogP contribution in [0.3, 0.4) is 0 Å². The number of rotatable bonds is 35. The van der Waals surface area contributed by atoms with Crippen LogP contribution in [0.1, 0.15) is 206 Å². The van der Waals surface area contributed by atoms with Gasteiger partial charge in [0.2, 0.25) is 0 Å². The highest BCUT2D eigenvalue weighted by molar-refractivity contribution is 5.66. The van der Waals surface area contributed by atoms with Crippen molar-refractivity contribution in [1.82, 2.24) is 10.2 Å². The van der Waals surface area contributed by atoms with Gasteiger partial charge >= 0.3 is 5.97 Å². The predicted molar refractivity (Wildman–Crippen MR) is 192 cm³/mol. The maximum absolute atomic E-state index is 11.2. The minimum absolute atomic E-state index is 0.288. The lowest BCUT2D eigenvalue weighted by Gasteiger charge is -2.21. The standard InChI is InChI=1S/C40H78N2O2/c1-3-5-7-9-15-21-27-36-35-37(36)28-22-16-11-13-19-25-32-42(34-31-40(43)44)33-26-20-14-12-18-24-30-39-38(41-39)29-23-17-10-8-6-4-2/h36-39,41H,3-35H2,1-2H3,(H,43,44). The number of hydrogen-bond donors (Lipinski definition) is 2. The summed E-state index contributed by atoms with van der Waals surface area (Å²) in [6.07, 6.45) is 40.8. The highest BCUT2D eigenvalue weighted by Gasteiger charge is 2.35. The Hall–Kier alpha value is -0.610. The van der Waals surface area contributed by atoms with Crippen molar-refractivity contribution in [3.8, 4) is 0 Å². The first-order valence-electron chi connectivity index (χ1n) is 20.3. The maximum atomic E-state index is 11.2. The van der Waals surface area contributed by atoms with Crippen LogP contribution in [0, 0.1) is 11.8 Å². The molecule has 0 spiro atoms. The van der Waals surface area contributed by atoms with Crippen molar-refractivity contribution < 1.29 is 9.90 Å². The van der Waals surface area contributed by atoms with Crippen LogP contribution in [-0.2, 0) is 4.79 Å². The topological polar surface area (TPSA) is 62.5 Å². The molecule has 1 saturated carbocycles. The Kier molecular flexibility index (Phi) is 24.7. The molecule has 4 nitrogen and oxygen atoms in total. The van der Waals surface area contributed by atoms with Crippen LogP contribution in [0.15, 0.2) is 0 Å². The molecule has 2 rings (SSSR count). The number of unbranched alkanes of at least 4 members (excludes halogenated alkanes) is 20. The first kappa shape index (κ1) is 39.6. The van der Waals surface area contributed by atoms with Gasteiger partial charge in [0, 0.05) is 18.6 Å². The molecular weight excluding hydrogens is 540 g/mol. The van der Waals surface area contributed by atoms with Crippen molar-refractivity contribution >= 4 is 5.97 Å². The van der Waals surface area contributed by atoms with Crippen LogP contribution in [-0.4, -0.2) is 47.7 Å². The fourth-order valence-electron chi connectivity index (χ4n) is 7.58. The molecule has 0 aromatic rings. The third-order valence-corrected chi connectivity index (χ3v) is 10.9. The Morgan fingerprint density at radius 1 is 0.523 bits per heavy atom. The van der Waals surface area contributed by atoms with Crippen LogP contribution in [0.5, 0.6) is 0 Å². The van der Waals surface area contributed by atoms with Crippen molar-refractivity contribution in [1.29, 1.82) is 0 Å². The van der Waals surface area contributed by atoms with Crippen molar-refractivity contribution in [2.75, 3.05) is 19.6 Å². The van der Waals surface area contributed by atoms with Gasteiger partial charge in [-0.15, -0.1) is 0 Å². The van der Waals surface area contributed by atoms with Gasteiger partial charge in [0.05, 0.1) is 6.42 Å². The second-order valence-corrected chi connectivity index (χ2v) is 15.1. The highest BCUT2D eigenvalue weighted by atomic mass is 16.4. The number of aliphatic carboxylic acids is 1. The molecule has 2 aliphatic rings. The summed E-state index contributed by atoms with van der Waals surface area (Å²) in [5, 5.41) is 12.9. The third-order valence-electron chi connectivity index (χ3n) is 10.9. The second-order valence-electron chi connectivity index (χ2n) is 15.1. The van der Waals surface area contributed by atoms with Crippen molar-refractivity contribution in [3.05, 3.63) is 0 Å². The van der Waals surface area contributed by atoms with E-state index >= 15 is 0 Å². The van der Waals surface area contributed by atoms with Crippen molar-refractivity contribution in [3.63, 3.8) is 0 Å². The minimum atomic E-state index is -0.653. The molecule has 0 amide bonds. The van der Waals surface area contributed by atoms with E-state index in [0.717, 1.165) is 43.6 Å². The van der Waals surface area contributed by atoms with Crippen molar-refractivity contribution in [2.24, 2.45) is 11.8 Å². The number of carboxylic acids is 1. The quantitative estimate of drug-likeness (QED) is 0.0548. The lowest BCUT2D eigenvalue weighted by atomic mass is 10.0. The molecule has 4 unspecified atom stereocenters. The van der Waals surface area contributed by atoms with E-state index in [2.05, 4.69) is 24.1 Å². The van der Waals surface area contributed by atoms with Gasteiger partial charge < -0.3 is 15.3 Å². The SMILES string of the molecule is CCCCCCCCC1CC1CCCCCCCCN(CCCCCCCCC1NC1CCCCCCCC)CCC(=O)O. The number of hydrogen-bond acceptors (Lipinski definition) is 3. The van der Waals surface area contributed by atoms with Gasteiger partial charge in [0.25, 0.3) is 0 Å². The average molecular weight is 619 g/mol. The molecule has 4 heteroatoms. The smallest absolute Gasteiger partial charge is 0.304 e. The van der Waals surface area contributed by atoms with Crippen LogP contribution >= 0.6 is 0 Å². The van der Waals surface area contributed by atoms with Gasteiger partial charge in [-0.2, -0.15) is 0 Å². The van der Waals surface area contributed by atoms with Gasteiger partial charge in [0.15, 0.2) is 0 Å². The Morgan fingerprint density at radius 3 is 1.30 bits per heavy atom. The summed E-state index contributed by atoms with van der Waals surface area (Å²) in [7, 11) is 0. The molecule has 0 bridgehead atoms. The maximum Gasteiger partial charge on any atom is 0.304 e. The zero-order valence-corrected chi connectivity index (χ0v) is 29.9. The number of carboxylic acid groups (broad SMARTS) is 1. The van der Waals surface area contributed by atoms with E-state index in [1.165, 1.54) is 186 Å². The van der Waals surface area contributed by atoms with Crippen LogP contribution in [0.4, 0.5) is 0 Å². The van der Waals surface area contributed by atoms with E-state index < -0.39 is 5.97 Å². The van der Waals surface area contributed by atoms with E-state index in [1.54, 1.807) is 0 Å².